The molecule has 1 amide bonds. The van der Waals surface area contributed by atoms with Gasteiger partial charge in [-0.2, -0.15) is 0 Å². The molecule has 0 unspecified atom stereocenters. The molecule has 2 aromatic carbocycles. The first-order valence-electron chi connectivity index (χ1n) is 8.19. The lowest BCUT2D eigenvalue weighted by Gasteiger charge is -2.22. The molecule has 0 radical (unpaired) electrons. The minimum Gasteiger partial charge on any atom is -0.467 e. The molecule has 3 aromatic rings. The highest BCUT2D eigenvalue weighted by Crippen LogP contribution is 2.21. The Balaban J connectivity index is 1.80. The van der Waals surface area contributed by atoms with Crippen molar-refractivity contribution in [1.82, 2.24) is 4.90 Å². The molecular formula is C21H21NO3. The highest BCUT2D eigenvalue weighted by Gasteiger charge is 2.16. The molecule has 0 N–H and O–H groups in total. The molecule has 1 aromatic heterocycles. The third kappa shape index (κ3) is 4.58. The van der Waals surface area contributed by atoms with Crippen LogP contribution in [0.2, 0.25) is 0 Å². The number of nitrogens with zero attached hydrogens (tertiary/aromatic N) is 1. The summed E-state index contributed by atoms with van der Waals surface area (Å²) in [4.78, 5) is 14.1. The standard InChI is InChI=1S/C21H21NO3/c1-24-16-21(23)22(15-20-11-6-12-25-20)14-17-7-5-10-19(13-17)18-8-3-2-4-9-18/h2-13H,14-16H2,1H3. The molecule has 1 heterocycles. The zero-order chi connectivity index (χ0) is 17.5. The lowest BCUT2D eigenvalue weighted by atomic mass is 10.0. The minimum atomic E-state index is -0.0657. The van der Waals surface area contributed by atoms with Crippen molar-refractivity contribution < 1.29 is 13.9 Å². The number of hydrogen-bond donors (Lipinski definition) is 0. The van der Waals surface area contributed by atoms with Gasteiger partial charge in [0.1, 0.15) is 12.4 Å². The van der Waals surface area contributed by atoms with E-state index >= 15 is 0 Å². The number of carbonyl (C=O) groups excluding carboxylic acids is 1. The third-order valence-corrected chi connectivity index (χ3v) is 3.95. The molecule has 0 fully saturated rings. The monoisotopic (exact) mass is 335 g/mol. The number of amides is 1. The van der Waals surface area contributed by atoms with E-state index in [1.807, 2.05) is 42.5 Å². The first kappa shape index (κ1) is 17.0. The summed E-state index contributed by atoms with van der Waals surface area (Å²) in [7, 11) is 1.53. The SMILES string of the molecule is COCC(=O)N(Cc1cccc(-c2ccccc2)c1)Cc1ccco1. The van der Waals surface area contributed by atoms with Crippen LogP contribution < -0.4 is 0 Å². The second-order valence-electron chi connectivity index (χ2n) is 5.83. The van der Waals surface area contributed by atoms with Crippen molar-refractivity contribution in [3.05, 3.63) is 84.3 Å². The average molecular weight is 335 g/mol. The van der Waals surface area contributed by atoms with Gasteiger partial charge in [-0.25, -0.2) is 0 Å². The van der Waals surface area contributed by atoms with Crippen LogP contribution in [0.4, 0.5) is 0 Å². The fraction of sp³-hybridized carbons (Fsp3) is 0.190. The maximum Gasteiger partial charge on any atom is 0.249 e. The molecule has 3 rings (SSSR count). The molecule has 0 bridgehead atoms. The van der Waals surface area contributed by atoms with E-state index in [1.54, 1.807) is 11.2 Å². The Morgan fingerprint density at radius 3 is 2.48 bits per heavy atom. The van der Waals surface area contributed by atoms with Crippen LogP contribution in [0.15, 0.2) is 77.4 Å². The predicted octanol–water partition coefficient (Wildman–Crippen LogP) is 4.12. The Morgan fingerprint density at radius 1 is 0.960 bits per heavy atom. The topological polar surface area (TPSA) is 42.7 Å². The van der Waals surface area contributed by atoms with E-state index in [2.05, 4.69) is 24.3 Å². The molecule has 4 nitrogen and oxygen atoms in total. The quantitative estimate of drug-likeness (QED) is 0.652. The van der Waals surface area contributed by atoms with Gasteiger partial charge in [0.15, 0.2) is 0 Å². The van der Waals surface area contributed by atoms with E-state index in [0.717, 1.165) is 22.5 Å². The molecule has 0 saturated heterocycles. The lowest BCUT2D eigenvalue weighted by Crippen LogP contribution is -2.32. The summed E-state index contributed by atoms with van der Waals surface area (Å²) >= 11 is 0. The maximum absolute atomic E-state index is 12.4. The van der Waals surface area contributed by atoms with Crippen LogP contribution in [-0.2, 0) is 22.6 Å². The normalized spacial score (nSPS) is 10.6. The first-order valence-corrected chi connectivity index (χ1v) is 8.19. The van der Waals surface area contributed by atoms with Crippen molar-refractivity contribution in [3.8, 4) is 11.1 Å². The first-order chi connectivity index (χ1) is 12.3. The largest absolute Gasteiger partial charge is 0.467 e. The number of ether oxygens (including phenoxy) is 1. The molecule has 0 aliphatic rings. The van der Waals surface area contributed by atoms with Gasteiger partial charge in [0.2, 0.25) is 5.91 Å². The Bertz CT molecular complexity index is 797. The van der Waals surface area contributed by atoms with Crippen molar-refractivity contribution in [2.24, 2.45) is 0 Å². The Hall–Kier alpha value is -2.85. The summed E-state index contributed by atoms with van der Waals surface area (Å²) < 4.78 is 10.4. The van der Waals surface area contributed by atoms with Crippen molar-refractivity contribution >= 4 is 5.91 Å². The highest BCUT2D eigenvalue weighted by atomic mass is 16.5. The van der Waals surface area contributed by atoms with E-state index in [0.29, 0.717) is 13.1 Å². The van der Waals surface area contributed by atoms with E-state index in [1.165, 1.54) is 7.11 Å². The molecule has 0 aliphatic heterocycles. The Kier molecular flexibility index (Phi) is 5.65. The summed E-state index contributed by atoms with van der Waals surface area (Å²) in [6.07, 6.45) is 1.62. The zero-order valence-corrected chi connectivity index (χ0v) is 14.2. The number of hydrogen-bond acceptors (Lipinski definition) is 3. The van der Waals surface area contributed by atoms with Crippen molar-refractivity contribution in [1.29, 1.82) is 0 Å². The van der Waals surface area contributed by atoms with Crippen LogP contribution in [-0.4, -0.2) is 24.5 Å². The molecule has 0 atom stereocenters. The van der Waals surface area contributed by atoms with Gasteiger partial charge in [0.25, 0.3) is 0 Å². The van der Waals surface area contributed by atoms with E-state index in [-0.39, 0.29) is 12.5 Å². The van der Waals surface area contributed by atoms with Crippen LogP contribution in [0, 0.1) is 0 Å². The molecule has 0 aliphatic carbocycles. The lowest BCUT2D eigenvalue weighted by molar-refractivity contribution is -0.136. The summed E-state index contributed by atoms with van der Waals surface area (Å²) in [6, 6.07) is 22.1. The zero-order valence-electron chi connectivity index (χ0n) is 14.2. The van der Waals surface area contributed by atoms with E-state index in [9.17, 15) is 4.79 Å². The molecule has 4 heteroatoms. The van der Waals surface area contributed by atoms with Gasteiger partial charge < -0.3 is 14.1 Å². The fourth-order valence-corrected chi connectivity index (χ4v) is 2.74. The van der Waals surface area contributed by atoms with Gasteiger partial charge >= 0.3 is 0 Å². The van der Waals surface area contributed by atoms with E-state index < -0.39 is 0 Å². The van der Waals surface area contributed by atoms with Gasteiger partial charge in [-0.15, -0.1) is 0 Å². The van der Waals surface area contributed by atoms with Crippen LogP contribution >= 0.6 is 0 Å². The number of furan rings is 1. The number of methoxy groups -OCH3 is 1. The van der Waals surface area contributed by atoms with Gasteiger partial charge in [-0.1, -0.05) is 48.5 Å². The van der Waals surface area contributed by atoms with Crippen LogP contribution in [0.3, 0.4) is 0 Å². The summed E-state index contributed by atoms with van der Waals surface area (Å²) in [5.41, 5.74) is 3.36. The third-order valence-electron chi connectivity index (χ3n) is 3.95. The second kappa shape index (κ2) is 8.31. The fourth-order valence-electron chi connectivity index (χ4n) is 2.74. The smallest absolute Gasteiger partial charge is 0.249 e. The molecular weight excluding hydrogens is 314 g/mol. The maximum atomic E-state index is 12.4. The summed E-state index contributed by atoms with van der Waals surface area (Å²) in [5.74, 6) is 0.688. The molecule has 25 heavy (non-hydrogen) atoms. The molecule has 0 saturated carbocycles. The molecule has 128 valence electrons. The van der Waals surface area contributed by atoms with Crippen LogP contribution in [0.1, 0.15) is 11.3 Å². The molecule has 0 spiro atoms. The van der Waals surface area contributed by atoms with Gasteiger partial charge in [-0.3, -0.25) is 4.79 Å². The summed E-state index contributed by atoms with van der Waals surface area (Å²) in [5, 5.41) is 0. The highest BCUT2D eigenvalue weighted by molar-refractivity contribution is 5.77. The Morgan fingerprint density at radius 2 is 1.76 bits per heavy atom. The predicted molar refractivity (Wildman–Crippen MR) is 96.7 cm³/mol. The van der Waals surface area contributed by atoms with Crippen LogP contribution in [0.5, 0.6) is 0 Å². The number of rotatable bonds is 7. The second-order valence-corrected chi connectivity index (χ2v) is 5.83. The van der Waals surface area contributed by atoms with Crippen molar-refractivity contribution in [2.45, 2.75) is 13.1 Å². The van der Waals surface area contributed by atoms with Crippen LogP contribution in [0.25, 0.3) is 11.1 Å². The van der Waals surface area contributed by atoms with Crippen molar-refractivity contribution in [2.75, 3.05) is 13.7 Å². The van der Waals surface area contributed by atoms with Gasteiger partial charge in [0.05, 0.1) is 12.8 Å². The van der Waals surface area contributed by atoms with Crippen molar-refractivity contribution in [3.63, 3.8) is 0 Å². The number of benzene rings is 2. The van der Waals surface area contributed by atoms with Gasteiger partial charge in [0, 0.05) is 13.7 Å². The number of carbonyl (C=O) groups is 1. The average Bonchev–Trinajstić information content (AvgIpc) is 3.15. The Labute approximate surface area is 147 Å². The van der Waals surface area contributed by atoms with E-state index in [4.69, 9.17) is 9.15 Å². The minimum absolute atomic E-state index is 0.0546. The van der Waals surface area contributed by atoms with Gasteiger partial charge in [-0.05, 0) is 34.9 Å². The summed E-state index contributed by atoms with van der Waals surface area (Å²) in [6.45, 7) is 0.980.